The number of carbonyl (C=O) groups excluding carboxylic acids is 2. The lowest BCUT2D eigenvalue weighted by Crippen LogP contribution is -2.45. The Morgan fingerprint density at radius 3 is 2.62 bits per heavy atom. The fourth-order valence-electron chi connectivity index (χ4n) is 2.63. The summed E-state index contributed by atoms with van der Waals surface area (Å²) in [5.41, 5.74) is -0.570. The van der Waals surface area contributed by atoms with Gasteiger partial charge in [0.05, 0.1) is 5.02 Å². The molecule has 0 saturated carbocycles. The first-order valence-corrected chi connectivity index (χ1v) is 10.3. The van der Waals surface area contributed by atoms with Crippen LogP contribution in [0, 0.1) is 0 Å². The summed E-state index contributed by atoms with van der Waals surface area (Å²) in [6.07, 6.45) is 2.22. The maximum atomic E-state index is 12.5. The van der Waals surface area contributed by atoms with Gasteiger partial charge in [0.25, 0.3) is 5.91 Å². The Kier molecular flexibility index (Phi) is 6.31. The van der Waals surface area contributed by atoms with E-state index in [0.717, 1.165) is 12.8 Å². The first-order chi connectivity index (χ1) is 12.0. The van der Waals surface area contributed by atoms with Crippen LogP contribution in [0.5, 0.6) is 0 Å². The van der Waals surface area contributed by atoms with Crippen LogP contribution >= 0.6 is 11.6 Å². The second kappa shape index (κ2) is 7.94. The number of carbonyl (C=O) groups is 2. The predicted octanol–water partition coefficient (Wildman–Crippen LogP) is 1.82. The fourth-order valence-corrected chi connectivity index (χ4v) is 4.57. The van der Waals surface area contributed by atoms with E-state index in [-0.39, 0.29) is 21.4 Å². The molecule has 1 aromatic carbocycles. The Hall–Kier alpha value is -1.64. The molecule has 0 bridgehead atoms. The van der Waals surface area contributed by atoms with E-state index in [1.54, 1.807) is 20.8 Å². The molecule has 7 nitrogen and oxygen atoms in total. The second-order valence-corrected chi connectivity index (χ2v) is 9.37. The van der Waals surface area contributed by atoms with Gasteiger partial charge in [0, 0.05) is 17.6 Å². The lowest BCUT2D eigenvalue weighted by atomic mass is 10.1. The van der Waals surface area contributed by atoms with Gasteiger partial charge in [-0.3, -0.25) is 9.59 Å². The molecule has 1 unspecified atom stereocenters. The summed E-state index contributed by atoms with van der Waals surface area (Å²) in [5, 5.41) is 5.42. The molecule has 1 heterocycles. The largest absolute Gasteiger partial charge is 0.354 e. The molecule has 26 heavy (non-hydrogen) atoms. The van der Waals surface area contributed by atoms with E-state index < -0.39 is 27.5 Å². The van der Waals surface area contributed by atoms with Crippen molar-refractivity contribution in [1.82, 2.24) is 15.4 Å². The molecule has 1 fully saturated rings. The van der Waals surface area contributed by atoms with Gasteiger partial charge in [-0.1, -0.05) is 11.6 Å². The third kappa shape index (κ3) is 5.43. The van der Waals surface area contributed by atoms with Crippen LogP contribution in [0.3, 0.4) is 0 Å². The molecule has 1 saturated heterocycles. The molecular weight excluding hydrogens is 378 g/mol. The molecule has 1 aliphatic heterocycles. The van der Waals surface area contributed by atoms with Crippen LogP contribution in [0.25, 0.3) is 0 Å². The molecule has 0 aromatic heterocycles. The Labute approximate surface area is 158 Å². The van der Waals surface area contributed by atoms with Crippen LogP contribution in [0.2, 0.25) is 5.02 Å². The topological polar surface area (TPSA) is 104 Å². The summed E-state index contributed by atoms with van der Waals surface area (Å²) in [6.45, 7) is 5.71. The number of amides is 2. The summed E-state index contributed by atoms with van der Waals surface area (Å²) in [7, 11) is -3.90. The van der Waals surface area contributed by atoms with Gasteiger partial charge in [-0.25, -0.2) is 13.1 Å². The van der Waals surface area contributed by atoms with Crippen LogP contribution in [0.4, 0.5) is 0 Å². The van der Waals surface area contributed by atoms with E-state index in [9.17, 15) is 18.0 Å². The Balaban J connectivity index is 2.25. The van der Waals surface area contributed by atoms with Crippen molar-refractivity contribution in [2.24, 2.45) is 0 Å². The smallest absolute Gasteiger partial charge is 0.251 e. The Morgan fingerprint density at radius 1 is 1.27 bits per heavy atom. The average molecular weight is 402 g/mol. The molecule has 3 N–H and O–H groups in total. The molecule has 1 aromatic rings. The highest BCUT2D eigenvalue weighted by molar-refractivity contribution is 7.89. The van der Waals surface area contributed by atoms with Crippen molar-refractivity contribution in [2.45, 2.75) is 56.5 Å². The molecule has 0 radical (unpaired) electrons. The van der Waals surface area contributed by atoms with Crippen molar-refractivity contribution in [2.75, 3.05) is 6.54 Å². The van der Waals surface area contributed by atoms with Crippen molar-refractivity contribution < 1.29 is 18.0 Å². The summed E-state index contributed by atoms with van der Waals surface area (Å²) in [4.78, 5) is 24.3. The lowest BCUT2D eigenvalue weighted by molar-refractivity contribution is -0.122. The van der Waals surface area contributed by atoms with Crippen LogP contribution in [-0.4, -0.2) is 38.4 Å². The first kappa shape index (κ1) is 20.7. The monoisotopic (exact) mass is 401 g/mol. The quantitative estimate of drug-likeness (QED) is 0.715. The van der Waals surface area contributed by atoms with Gasteiger partial charge in [0.15, 0.2) is 0 Å². The molecule has 2 amide bonds. The van der Waals surface area contributed by atoms with Crippen LogP contribution in [-0.2, 0) is 14.8 Å². The molecule has 9 heteroatoms. The van der Waals surface area contributed by atoms with Crippen LogP contribution in [0.15, 0.2) is 23.1 Å². The van der Waals surface area contributed by atoms with Crippen LogP contribution in [0.1, 0.15) is 50.4 Å². The number of halogens is 1. The molecule has 1 aliphatic rings. The highest BCUT2D eigenvalue weighted by atomic mass is 35.5. The van der Waals surface area contributed by atoms with E-state index in [0.29, 0.717) is 13.0 Å². The van der Waals surface area contributed by atoms with Gasteiger partial charge in [-0.2, -0.15) is 0 Å². The highest BCUT2D eigenvalue weighted by Crippen LogP contribution is 2.24. The maximum Gasteiger partial charge on any atom is 0.251 e. The van der Waals surface area contributed by atoms with Crippen molar-refractivity contribution in [3.8, 4) is 0 Å². The average Bonchev–Trinajstić information content (AvgIpc) is 2.70. The van der Waals surface area contributed by atoms with Gasteiger partial charge >= 0.3 is 0 Å². The molecule has 2 rings (SSSR count). The van der Waals surface area contributed by atoms with Gasteiger partial charge in [0.2, 0.25) is 15.9 Å². The molecule has 1 atom stereocenters. The maximum absolute atomic E-state index is 12.5. The molecule has 0 aliphatic carbocycles. The molecule has 144 valence electrons. The minimum atomic E-state index is -3.90. The van der Waals surface area contributed by atoms with Gasteiger partial charge in [0.1, 0.15) is 10.9 Å². The summed E-state index contributed by atoms with van der Waals surface area (Å²) < 4.78 is 27.6. The van der Waals surface area contributed by atoms with Gasteiger partial charge in [-0.05, 0) is 58.2 Å². The first-order valence-electron chi connectivity index (χ1n) is 8.42. The third-order valence-electron chi connectivity index (χ3n) is 3.76. The fraction of sp³-hybridized carbons (Fsp3) is 0.529. The minimum Gasteiger partial charge on any atom is -0.354 e. The molecule has 0 spiro atoms. The summed E-state index contributed by atoms with van der Waals surface area (Å²) >= 11 is 6.04. The normalized spacial score (nSPS) is 18.8. The summed E-state index contributed by atoms with van der Waals surface area (Å²) in [6, 6.07) is 3.39. The van der Waals surface area contributed by atoms with Gasteiger partial charge < -0.3 is 10.6 Å². The zero-order valence-corrected chi connectivity index (χ0v) is 16.6. The number of sulfonamides is 1. The van der Waals surface area contributed by atoms with Crippen molar-refractivity contribution >= 4 is 33.4 Å². The highest BCUT2D eigenvalue weighted by Gasteiger charge is 2.27. The van der Waals surface area contributed by atoms with E-state index in [1.807, 2.05) is 0 Å². The van der Waals surface area contributed by atoms with Crippen molar-refractivity contribution in [3.63, 3.8) is 0 Å². The standard InChI is InChI=1S/C17H24ClN3O4S/c1-17(2,3)21-26(24,25)14-10-11(7-8-12(14)18)15(22)20-13-6-4-5-9-19-16(13)23/h7-8,10,13,21H,4-6,9H2,1-3H3,(H,19,23)(H,20,22). The number of hydrogen-bond acceptors (Lipinski definition) is 4. The third-order valence-corrected chi connectivity index (χ3v) is 6.00. The second-order valence-electron chi connectivity index (χ2n) is 7.31. The van der Waals surface area contributed by atoms with Crippen molar-refractivity contribution in [3.05, 3.63) is 28.8 Å². The number of rotatable bonds is 4. The lowest BCUT2D eigenvalue weighted by Gasteiger charge is -2.21. The van der Waals surface area contributed by atoms with Crippen LogP contribution < -0.4 is 15.4 Å². The van der Waals surface area contributed by atoms with Gasteiger partial charge in [-0.15, -0.1) is 0 Å². The SMILES string of the molecule is CC(C)(C)NS(=O)(=O)c1cc(C(=O)NC2CCCCNC2=O)ccc1Cl. The zero-order valence-electron chi connectivity index (χ0n) is 15.1. The van der Waals surface area contributed by atoms with Crippen molar-refractivity contribution in [1.29, 1.82) is 0 Å². The number of hydrogen-bond donors (Lipinski definition) is 3. The van der Waals surface area contributed by atoms with E-state index in [4.69, 9.17) is 11.6 Å². The van der Waals surface area contributed by atoms with E-state index >= 15 is 0 Å². The molecular formula is C17H24ClN3O4S. The Bertz CT molecular complexity index is 803. The van der Waals surface area contributed by atoms with E-state index in [2.05, 4.69) is 15.4 Å². The minimum absolute atomic E-state index is 0.0190. The summed E-state index contributed by atoms with van der Waals surface area (Å²) in [5.74, 6) is -0.747. The predicted molar refractivity (Wildman–Crippen MR) is 99.6 cm³/mol. The Morgan fingerprint density at radius 2 is 1.96 bits per heavy atom. The number of benzene rings is 1. The number of nitrogens with one attached hydrogen (secondary N) is 3. The van der Waals surface area contributed by atoms with E-state index in [1.165, 1.54) is 18.2 Å². The zero-order chi connectivity index (χ0) is 19.5.